The fraction of sp³-hybridized carbons (Fsp3) is 0.227. The summed E-state index contributed by atoms with van der Waals surface area (Å²) in [6.07, 6.45) is 4.10. The van der Waals surface area contributed by atoms with E-state index in [1.807, 2.05) is 35.8 Å². The van der Waals surface area contributed by atoms with Crippen molar-refractivity contribution in [1.82, 2.24) is 9.55 Å². The van der Waals surface area contributed by atoms with Crippen molar-refractivity contribution in [1.29, 1.82) is 0 Å². The molecular weight excluding hydrogens is 372 g/mol. The largest absolute Gasteiger partial charge is 0.364 e. The Hall–Kier alpha value is -2.92. The highest BCUT2D eigenvalue weighted by atomic mass is 35.5. The Bertz CT molecular complexity index is 1140. The van der Waals surface area contributed by atoms with Crippen LogP contribution in [0.15, 0.2) is 53.8 Å². The van der Waals surface area contributed by atoms with Crippen LogP contribution in [0.2, 0.25) is 5.02 Å². The van der Waals surface area contributed by atoms with Gasteiger partial charge in [-0.15, -0.1) is 0 Å². The number of benzene rings is 2. The Kier molecular flexibility index (Phi) is 3.88. The highest BCUT2D eigenvalue weighted by molar-refractivity contribution is 6.35. The molecule has 1 aliphatic carbocycles. The fourth-order valence-corrected chi connectivity index (χ4v) is 4.18. The van der Waals surface area contributed by atoms with Crippen LogP contribution < -0.4 is 5.73 Å². The number of fused-ring (bicyclic) bond motifs is 3. The minimum Gasteiger partial charge on any atom is -0.364 e. The van der Waals surface area contributed by atoms with Crippen LogP contribution in [0, 0.1) is 0 Å². The maximum Gasteiger partial charge on any atom is 0.269 e. The normalized spacial score (nSPS) is 18.1. The second-order valence-electron chi connectivity index (χ2n) is 7.40. The number of amides is 1. The molecule has 1 aromatic heterocycles. The first-order valence-electron chi connectivity index (χ1n) is 9.39. The second-order valence-corrected chi connectivity index (χ2v) is 7.80. The number of imidazole rings is 1. The van der Waals surface area contributed by atoms with Gasteiger partial charge in [0.1, 0.15) is 6.33 Å². The van der Waals surface area contributed by atoms with E-state index in [0.29, 0.717) is 16.6 Å². The lowest BCUT2D eigenvalue weighted by Gasteiger charge is -2.14. The van der Waals surface area contributed by atoms with Crippen LogP contribution in [-0.2, 0) is 0 Å². The van der Waals surface area contributed by atoms with Gasteiger partial charge in [0.05, 0.1) is 23.1 Å². The number of nitrogens with two attached hydrogens (primary N) is 1. The number of halogens is 1. The number of aliphatic imine (C=N–C) groups is 1. The van der Waals surface area contributed by atoms with Gasteiger partial charge in [-0.1, -0.05) is 35.9 Å². The smallest absolute Gasteiger partial charge is 0.269 e. The van der Waals surface area contributed by atoms with Crippen molar-refractivity contribution in [3.8, 4) is 5.69 Å². The number of primary amides is 1. The first-order chi connectivity index (χ1) is 13.5. The lowest BCUT2D eigenvalue weighted by molar-refractivity contribution is 0.0994. The zero-order valence-electron chi connectivity index (χ0n) is 15.4. The molecule has 0 bridgehead atoms. The Morgan fingerprint density at radius 3 is 2.68 bits per heavy atom. The van der Waals surface area contributed by atoms with Crippen molar-refractivity contribution >= 4 is 23.2 Å². The number of carbonyl (C=O) groups excluding carboxylic acids is 1. The topological polar surface area (TPSA) is 73.3 Å². The standard InChI is InChI=1S/C22H19ClN4O/c1-12-21-20(22(24)28)25-11-27(21)18-9-8-14(13-6-7-13)10-16(18)19(26-12)15-4-2-3-5-17(15)23/h2-5,8-13H,6-7H2,1H3,(H2,24,28). The Balaban J connectivity index is 1.81. The molecule has 1 atom stereocenters. The van der Waals surface area contributed by atoms with Crippen molar-refractivity contribution < 1.29 is 4.79 Å². The summed E-state index contributed by atoms with van der Waals surface area (Å²) in [6.45, 7) is 1.95. The van der Waals surface area contributed by atoms with Gasteiger partial charge >= 0.3 is 0 Å². The van der Waals surface area contributed by atoms with Gasteiger partial charge < -0.3 is 5.73 Å². The maximum atomic E-state index is 11.9. The van der Waals surface area contributed by atoms with Crippen molar-refractivity contribution in [3.05, 3.63) is 81.9 Å². The highest BCUT2D eigenvalue weighted by Gasteiger charge is 2.30. The monoisotopic (exact) mass is 390 g/mol. The summed E-state index contributed by atoms with van der Waals surface area (Å²) in [5.74, 6) is 0.0649. The minimum atomic E-state index is -0.548. The van der Waals surface area contributed by atoms with Crippen molar-refractivity contribution in [2.75, 3.05) is 0 Å². The van der Waals surface area contributed by atoms with Gasteiger partial charge in [0.2, 0.25) is 0 Å². The van der Waals surface area contributed by atoms with Gasteiger partial charge in [-0.3, -0.25) is 14.4 Å². The van der Waals surface area contributed by atoms with Crippen LogP contribution in [0.3, 0.4) is 0 Å². The van der Waals surface area contributed by atoms with E-state index >= 15 is 0 Å². The average Bonchev–Trinajstić information content (AvgIpc) is 3.45. The number of hydrogen-bond acceptors (Lipinski definition) is 3. The molecule has 1 aliphatic heterocycles. The summed E-state index contributed by atoms with van der Waals surface area (Å²) in [5, 5.41) is 0.649. The SMILES string of the molecule is CC1N=C(c2ccccc2Cl)c2cc(C3CC3)ccc2-n2cnc(C(N)=O)c21. The molecule has 0 spiro atoms. The van der Waals surface area contributed by atoms with Gasteiger partial charge in [-0.2, -0.15) is 0 Å². The third-order valence-electron chi connectivity index (χ3n) is 5.47. The molecule has 1 amide bonds. The summed E-state index contributed by atoms with van der Waals surface area (Å²) in [7, 11) is 0. The molecule has 1 fully saturated rings. The quantitative estimate of drug-likeness (QED) is 0.719. The molecule has 5 rings (SSSR count). The number of hydrogen-bond donors (Lipinski definition) is 1. The fourth-order valence-electron chi connectivity index (χ4n) is 3.96. The van der Waals surface area contributed by atoms with Gasteiger partial charge in [0.15, 0.2) is 5.69 Å². The van der Waals surface area contributed by atoms with E-state index in [2.05, 4.69) is 23.2 Å². The molecule has 2 heterocycles. The molecule has 0 radical (unpaired) electrons. The molecule has 3 aromatic rings. The van der Waals surface area contributed by atoms with Gasteiger partial charge in [-0.05, 0) is 49.4 Å². The molecular formula is C22H19ClN4O. The van der Waals surface area contributed by atoms with E-state index in [9.17, 15) is 4.79 Å². The molecule has 28 heavy (non-hydrogen) atoms. The lowest BCUT2D eigenvalue weighted by atomic mass is 9.97. The minimum absolute atomic E-state index is 0.258. The van der Waals surface area contributed by atoms with Crippen LogP contribution in [0.5, 0.6) is 0 Å². The number of nitrogens with zero attached hydrogens (tertiary/aromatic N) is 3. The lowest BCUT2D eigenvalue weighted by Crippen LogP contribution is -2.15. The highest BCUT2D eigenvalue weighted by Crippen LogP contribution is 2.42. The molecule has 140 valence electrons. The molecule has 1 unspecified atom stereocenters. The summed E-state index contributed by atoms with van der Waals surface area (Å²) >= 11 is 6.53. The van der Waals surface area contributed by atoms with Gasteiger partial charge in [0.25, 0.3) is 5.91 Å². The van der Waals surface area contributed by atoms with E-state index in [-0.39, 0.29) is 11.7 Å². The third-order valence-corrected chi connectivity index (χ3v) is 5.80. The maximum absolute atomic E-state index is 11.9. The number of rotatable bonds is 3. The Labute approximate surface area is 167 Å². The second kappa shape index (κ2) is 6.31. The summed E-state index contributed by atoms with van der Waals surface area (Å²) in [4.78, 5) is 21.2. The first kappa shape index (κ1) is 17.2. The van der Waals surface area contributed by atoms with Crippen LogP contribution in [-0.4, -0.2) is 21.2 Å². The number of aromatic nitrogens is 2. The Morgan fingerprint density at radius 1 is 1.18 bits per heavy atom. The van der Waals surface area contributed by atoms with Crippen LogP contribution in [0.25, 0.3) is 5.69 Å². The van der Waals surface area contributed by atoms with E-state index < -0.39 is 5.91 Å². The zero-order chi connectivity index (χ0) is 19.4. The average molecular weight is 391 g/mol. The first-order valence-corrected chi connectivity index (χ1v) is 9.77. The van der Waals surface area contributed by atoms with Crippen LogP contribution in [0.4, 0.5) is 0 Å². The predicted molar refractivity (Wildman–Crippen MR) is 110 cm³/mol. The van der Waals surface area contributed by atoms with Crippen molar-refractivity contribution in [2.24, 2.45) is 10.7 Å². The molecule has 0 saturated heterocycles. The number of carbonyl (C=O) groups is 1. The van der Waals surface area contributed by atoms with E-state index in [1.165, 1.54) is 18.4 Å². The molecule has 2 N–H and O–H groups in total. The van der Waals surface area contributed by atoms with Crippen molar-refractivity contribution in [3.63, 3.8) is 0 Å². The van der Waals surface area contributed by atoms with Crippen LogP contribution in [0.1, 0.15) is 64.6 Å². The van der Waals surface area contributed by atoms with Crippen LogP contribution >= 0.6 is 11.6 Å². The Morgan fingerprint density at radius 2 is 1.96 bits per heavy atom. The molecule has 2 aromatic carbocycles. The van der Waals surface area contributed by atoms with Crippen molar-refractivity contribution in [2.45, 2.75) is 31.7 Å². The molecule has 5 nitrogen and oxygen atoms in total. The summed E-state index contributed by atoms with van der Waals surface area (Å²) < 4.78 is 1.93. The summed E-state index contributed by atoms with van der Waals surface area (Å²) in [5.41, 5.74) is 11.5. The molecule has 1 saturated carbocycles. The van der Waals surface area contributed by atoms with Gasteiger partial charge in [-0.25, -0.2) is 4.98 Å². The van der Waals surface area contributed by atoms with E-state index in [4.69, 9.17) is 22.3 Å². The molecule has 2 aliphatic rings. The predicted octanol–water partition coefficient (Wildman–Crippen LogP) is 4.41. The third kappa shape index (κ3) is 2.66. The molecule has 6 heteroatoms. The van der Waals surface area contributed by atoms with E-state index in [1.54, 1.807) is 6.33 Å². The zero-order valence-corrected chi connectivity index (χ0v) is 16.1. The summed E-state index contributed by atoms with van der Waals surface area (Å²) in [6, 6.07) is 13.9. The van der Waals surface area contributed by atoms with Gasteiger partial charge in [0, 0.05) is 16.1 Å². The van der Waals surface area contributed by atoms with E-state index in [0.717, 1.165) is 22.5 Å².